The second kappa shape index (κ2) is 5.81. The van der Waals surface area contributed by atoms with E-state index >= 15 is 0 Å². The summed E-state index contributed by atoms with van der Waals surface area (Å²) in [5.41, 5.74) is 0.762. The molecule has 0 aliphatic carbocycles. The van der Waals surface area contributed by atoms with Crippen LogP contribution in [0.15, 0.2) is 35.6 Å². The van der Waals surface area contributed by atoms with E-state index in [0.29, 0.717) is 12.4 Å². The molecule has 2 rings (SSSR count). The van der Waals surface area contributed by atoms with Crippen LogP contribution in [0.2, 0.25) is 0 Å². The summed E-state index contributed by atoms with van der Waals surface area (Å²) in [6.45, 7) is 2.66. The van der Waals surface area contributed by atoms with Gasteiger partial charge in [0.15, 0.2) is 0 Å². The monoisotopic (exact) mass is 281 g/mol. The quantitative estimate of drug-likeness (QED) is 0.724. The van der Waals surface area contributed by atoms with Crippen LogP contribution >= 0.6 is 0 Å². The summed E-state index contributed by atoms with van der Waals surface area (Å²) in [7, 11) is -3.61. The minimum Gasteiger partial charge on any atom is -0.369 e. The molecule has 0 aliphatic rings. The standard InChI is InChI=1S/C11H15N5O2S/c1-2-12-11-10(4-3-5-13-11)19(17,18)16-8-9-6-14-15-7-9/h3-7,16H,2,8H2,1H3,(H,12,13)(H,14,15). The van der Waals surface area contributed by atoms with Crippen molar-refractivity contribution in [3.63, 3.8) is 0 Å². The zero-order chi connectivity index (χ0) is 13.7. The second-order valence-corrected chi connectivity index (χ2v) is 5.55. The summed E-state index contributed by atoms with van der Waals surface area (Å²) in [5.74, 6) is 0.352. The molecule has 0 fully saturated rings. The molecule has 0 radical (unpaired) electrons. The van der Waals surface area contributed by atoms with Crippen molar-refractivity contribution in [1.82, 2.24) is 19.9 Å². The third-order valence-corrected chi connectivity index (χ3v) is 3.86. The summed E-state index contributed by atoms with van der Waals surface area (Å²) in [6.07, 6.45) is 4.75. The van der Waals surface area contributed by atoms with Gasteiger partial charge in [-0.1, -0.05) is 0 Å². The van der Waals surface area contributed by atoms with Crippen LogP contribution in [0.5, 0.6) is 0 Å². The summed E-state index contributed by atoms with van der Waals surface area (Å²) in [6, 6.07) is 3.11. The van der Waals surface area contributed by atoms with Gasteiger partial charge < -0.3 is 5.32 Å². The number of H-pyrrole nitrogens is 1. The van der Waals surface area contributed by atoms with E-state index < -0.39 is 10.0 Å². The van der Waals surface area contributed by atoms with Crippen molar-refractivity contribution in [1.29, 1.82) is 0 Å². The van der Waals surface area contributed by atoms with E-state index in [1.807, 2.05) is 6.92 Å². The van der Waals surface area contributed by atoms with Crippen LogP contribution in [-0.4, -0.2) is 30.1 Å². The number of aromatic nitrogens is 3. The van der Waals surface area contributed by atoms with Crippen molar-refractivity contribution in [2.45, 2.75) is 18.4 Å². The maximum absolute atomic E-state index is 12.2. The molecule has 0 amide bonds. The number of sulfonamides is 1. The number of rotatable bonds is 6. The van der Waals surface area contributed by atoms with Crippen LogP contribution in [0.1, 0.15) is 12.5 Å². The fourth-order valence-electron chi connectivity index (χ4n) is 1.54. The van der Waals surface area contributed by atoms with Crippen LogP contribution in [0.25, 0.3) is 0 Å². The summed E-state index contributed by atoms with van der Waals surface area (Å²) >= 11 is 0. The van der Waals surface area contributed by atoms with Gasteiger partial charge in [-0.15, -0.1) is 0 Å². The lowest BCUT2D eigenvalue weighted by Gasteiger charge is -2.10. The molecule has 2 heterocycles. The highest BCUT2D eigenvalue weighted by molar-refractivity contribution is 7.89. The first-order valence-electron chi connectivity index (χ1n) is 5.79. The van der Waals surface area contributed by atoms with E-state index in [-0.39, 0.29) is 11.4 Å². The van der Waals surface area contributed by atoms with Gasteiger partial charge in [0, 0.05) is 31.0 Å². The van der Waals surface area contributed by atoms with Crippen LogP contribution in [0, 0.1) is 0 Å². The van der Waals surface area contributed by atoms with E-state index in [9.17, 15) is 8.42 Å². The SMILES string of the molecule is CCNc1ncccc1S(=O)(=O)NCc1cn[nH]c1. The number of nitrogens with one attached hydrogen (secondary N) is 3. The highest BCUT2D eigenvalue weighted by atomic mass is 32.2. The molecule has 0 unspecified atom stereocenters. The van der Waals surface area contributed by atoms with Crippen molar-refractivity contribution >= 4 is 15.8 Å². The minimum absolute atomic E-state index is 0.139. The zero-order valence-corrected chi connectivity index (χ0v) is 11.2. The molecule has 0 saturated heterocycles. The Morgan fingerprint density at radius 2 is 2.26 bits per heavy atom. The molecular formula is C11H15N5O2S. The predicted molar refractivity (Wildman–Crippen MR) is 71.0 cm³/mol. The van der Waals surface area contributed by atoms with E-state index in [0.717, 1.165) is 5.56 Å². The first-order chi connectivity index (χ1) is 9.13. The molecule has 0 atom stereocenters. The van der Waals surface area contributed by atoms with Gasteiger partial charge in [0.05, 0.1) is 6.20 Å². The molecule has 2 aromatic rings. The van der Waals surface area contributed by atoms with Crippen molar-refractivity contribution < 1.29 is 8.42 Å². The molecule has 0 bridgehead atoms. The van der Waals surface area contributed by atoms with Gasteiger partial charge >= 0.3 is 0 Å². The maximum Gasteiger partial charge on any atom is 0.244 e. The van der Waals surface area contributed by atoms with E-state index in [4.69, 9.17) is 0 Å². The molecule has 0 saturated carbocycles. The van der Waals surface area contributed by atoms with Crippen molar-refractivity contribution in [3.8, 4) is 0 Å². The number of hydrogen-bond acceptors (Lipinski definition) is 5. The molecule has 2 aromatic heterocycles. The van der Waals surface area contributed by atoms with E-state index in [1.165, 1.54) is 6.07 Å². The molecule has 7 nitrogen and oxygen atoms in total. The average Bonchev–Trinajstić information content (AvgIpc) is 2.91. The fourth-order valence-corrected chi connectivity index (χ4v) is 2.69. The molecule has 8 heteroatoms. The van der Waals surface area contributed by atoms with Gasteiger partial charge in [0.2, 0.25) is 10.0 Å². The van der Waals surface area contributed by atoms with Gasteiger partial charge in [0.25, 0.3) is 0 Å². The van der Waals surface area contributed by atoms with Gasteiger partial charge in [0.1, 0.15) is 10.7 Å². The molecule has 102 valence electrons. The lowest BCUT2D eigenvalue weighted by molar-refractivity contribution is 0.581. The lowest BCUT2D eigenvalue weighted by Crippen LogP contribution is -2.24. The van der Waals surface area contributed by atoms with Gasteiger partial charge in [-0.3, -0.25) is 5.10 Å². The fraction of sp³-hybridized carbons (Fsp3) is 0.273. The summed E-state index contributed by atoms with van der Waals surface area (Å²) in [4.78, 5) is 4.17. The topological polar surface area (TPSA) is 99.8 Å². The zero-order valence-electron chi connectivity index (χ0n) is 10.4. The first kappa shape index (κ1) is 13.5. The Kier molecular flexibility index (Phi) is 4.13. The molecule has 19 heavy (non-hydrogen) atoms. The minimum atomic E-state index is -3.61. The molecule has 0 aromatic carbocycles. The molecule has 3 N–H and O–H groups in total. The van der Waals surface area contributed by atoms with Crippen molar-refractivity contribution in [3.05, 3.63) is 36.3 Å². The maximum atomic E-state index is 12.2. The number of anilines is 1. The Bertz CT molecular complexity index is 624. The van der Waals surface area contributed by atoms with E-state index in [2.05, 4.69) is 25.2 Å². The molecule has 0 aliphatic heterocycles. The normalized spacial score (nSPS) is 11.4. The molecular weight excluding hydrogens is 266 g/mol. The number of pyridine rings is 1. The lowest BCUT2D eigenvalue weighted by atomic mass is 10.4. The second-order valence-electron chi connectivity index (χ2n) is 3.81. The van der Waals surface area contributed by atoms with Gasteiger partial charge in [-0.05, 0) is 19.1 Å². The predicted octanol–water partition coefficient (Wildman–Crippen LogP) is 0.715. The smallest absolute Gasteiger partial charge is 0.244 e. The average molecular weight is 281 g/mol. The van der Waals surface area contributed by atoms with E-state index in [1.54, 1.807) is 24.7 Å². The van der Waals surface area contributed by atoms with Crippen LogP contribution < -0.4 is 10.0 Å². The van der Waals surface area contributed by atoms with Gasteiger partial charge in [-0.2, -0.15) is 5.10 Å². The third-order valence-electron chi connectivity index (χ3n) is 2.43. The van der Waals surface area contributed by atoms with Crippen LogP contribution in [0.4, 0.5) is 5.82 Å². The highest BCUT2D eigenvalue weighted by Crippen LogP contribution is 2.17. The third kappa shape index (κ3) is 3.30. The summed E-state index contributed by atoms with van der Waals surface area (Å²) < 4.78 is 26.9. The van der Waals surface area contributed by atoms with Crippen LogP contribution in [-0.2, 0) is 16.6 Å². The van der Waals surface area contributed by atoms with Crippen molar-refractivity contribution in [2.24, 2.45) is 0 Å². The Morgan fingerprint density at radius 3 is 2.95 bits per heavy atom. The highest BCUT2D eigenvalue weighted by Gasteiger charge is 2.18. The van der Waals surface area contributed by atoms with Crippen LogP contribution in [0.3, 0.4) is 0 Å². The Morgan fingerprint density at radius 1 is 1.42 bits per heavy atom. The summed E-state index contributed by atoms with van der Waals surface area (Å²) in [5, 5.41) is 9.31. The van der Waals surface area contributed by atoms with Crippen molar-refractivity contribution in [2.75, 3.05) is 11.9 Å². The number of hydrogen-bond donors (Lipinski definition) is 3. The number of aromatic amines is 1. The number of nitrogens with zero attached hydrogens (tertiary/aromatic N) is 2. The van der Waals surface area contributed by atoms with Gasteiger partial charge in [-0.25, -0.2) is 18.1 Å². The largest absolute Gasteiger partial charge is 0.369 e. The first-order valence-corrected chi connectivity index (χ1v) is 7.28. The Labute approximate surface area is 111 Å². The molecule has 0 spiro atoms. The Balaban J connectivity index is 2.19. The Hall–Kier alpha value is -1.93.